The van der Waals surface area contributed by atoms with Gasteiger partial charge in [0.2, 0.25) is 5.91 Å². The van der Waals surface area contributed by atoms with Crippen molar-refractivity contribution in [2.24, 2.45) is 0 Å². The Labute approximate surface area is 102 Å². The third-order valence-electron chi connectivity index (χ3n) is 2.82. The minimum Gasteiger partial charge on any atom is -0.352 e. The molecule has 17 heavy (non-hydrogen) atoms. The van der Waals surface area contributed by atoms with Crippen molar-refractivity contribution < 1.29 is 13.2 Å². The summed E-state index contributed by atoms with van der Waals surface area (Å²) in [6.45, 7) is 0. The number of nitrogens with zero attached hydrogens (tertiary/aromatic N) is 1. The molecule has 0 aromatic heterocycles. The molecule has 1 rings (SSSR count). The van der Waals surface area contributed by atoms with Crippen molar-refractivity contribution in [2.75, 3.05) is 11.5 Å². The van der Waals surface area contributed by atoms with E-state index in [9.17, 15) is 13.2 Å². The van der Waals surface area contributed by atoms with Gasteiger partial charge in [-0.1, -0.05) is 12.8 Å². The topological polar surface area (TPSA) is 87.0 Å². The van der Waals surface area contributed by atoms with E-state index < -0.39 is 21.5 Å². The Hall–Kier alpha value is -1.09. The molecule has 0 bridgehead atoms. The van der Waals surface area contributed by atoms with Crippen LogP contribution in [-0.4, -0.2) is 31.9 Å². The zero-order valence-corrected chi connectivity index (χ0v) is 10.6. The van der Waals surface area contributed by atoms with Gasteiger partial charge in [0, 0.05) is 12.5 Å². The van der Waals surface area contributed by atoms with Crippen LogP contribution in [-0.2, 0) is 14.6 Å². The van der Waals surface area contributed by atoms with Crippen LogP contribution in [0.2, 0.25) is 0 Å². The molecule has 1 amide bonds. The van der Waals surface area contributed by atoms with Crippen molar-refractivity contribution >= 4 is 15.7 Å². The average Bonchev–Trinajstić information content (AvgIpc) is 2.69. The summed E-state index contributed by atoms with van der Waals surface area (Å²) < 4.78 is 23.0. The van der Waals surface area contributed by atoms with Gasteiger partial charge in [0.1, 0.15) is 5.75 Å². The fourth-order valence-corrected chi connectivity index (χ4v) is 3.19. The molecule has 1 saturated carbocycles. The van der Waals surface area contributed by atoms with E-state index in [0.717, 1.165) is 25.7 Å². The van der Waals surface area contributed by atoms with Crippen LogP contribution in [0.4, 0.5) is 0 Å². The first-order valence-corrected chi connectivity index (χ1v) is 7.72. The molecule has 1 N–H and O–H groups in total. The first kappa shape index (κ1) is 14.0. The molecule has 96 valence electrons. The Morgan fingerprint density at radius 2 is 2.00 bits per heavy atom. The van der Waals surface area contributed by atoms with Crippen LogP contribution in [0.15, 0.2) is 0 Å². The van der Waals surface area contributed by atoms with E-state index in [0.29, 0.717) is 6.42 Å². The van der Waals surface area contributed by atoms with Gasteiger partial charge in [-0.05, 0) is 19.3 Å². The van der Waals surface area contributed by atoms with Gasteiger partial charge in [0.25, 0.3) is 0 Å². The van der Waals surface area contributed by atoms with Gasteiger partial charge >= 0.3 is 0 Å². The molecule has 0 spiro atoms. The molecule has 0 atom stereocenters. The zero-order chi connectivity index (χ0) is 12.7. The summed E-state index contributed by atoms with van der Waals surface area (Å²) in [4.78, 5) is 11.5. The fourth-order valence-electron chi connectivity index (χ4n) is 1.98. The van der Waals surface area contributed by atoms with Crippen molar-refractivity contribution in [3.8, 4) is 6.07 Å². The molecular weight excluding hydrogens is 240 g/mol. The molecule has 5 nitrogen and oxygen atoms in total. The smallest absolute Gasteiger partial charge is 0.235 e. The van der Waals surface area contributed by atoms with Crippen molar-refractivity contribution in [3.63, 3.8) is 0 Å². The lowest BCUT2D eigenvalue weighted by molar-refractivity contribution is -0.119. The maximum Gasteiger partial charge on any atom is 0.235 e. The molecule has 0 aromatic carbocycles. The molecule has 1 aliphatic rings. The van der Waals surface area contributed by atoms with E-state index in [2.05, 4.69) is 5.32 Å². The third kappa shape index (κ3) is 5.68. The van der Waals surface area contributed by atoms with E-state index in [4.69, 9.17) is 5.26 Å². The van der Waals surface area contributed by atoms with Crippen molar-refractivity contribution in [2.45, 2.75) is 44.6 Å². The molecule has 0 heterocycles. The predicted molar refractivity (Wildman–Crippen MR) is 63.9 cm³/mol. The summed E-state index contributed by atoms with van der Waals surface area (Å²) in [5.74, 6) is -0.943. The molecule has 0 unspecified atom stereocenters. The number of sulfone groups is 1. The minimum atomic E-state index is -3.36. The van der Waals surface area contributed by atoms with E-state index in [1.807, 2.05) is 6.07 Å². The number of carbonyl (C=O) groups is 1. The average molecular weight is 258 g/mol. The number of rotatable bonds is 6. The number of nitrogens with one attached hydrogen (secondary N) is 1. The second-order valence-electron chi connectivity index (χ2n) is 4.40. The SMILES string of the molecule is N#CCCCS(=O)(=O)CC(=O)NC1CCCC1. The lowest BCUT2D eigenvalue weighted by Crippen LogP contribution is -2.37. The van der Waals surface area contributed by atoms with Gasteiger partial charge in [0.05, 0.1) is 11.8 Å². The molecule has 0 saturated heterocycles. The molecular formula is C11H18N2O3S. The Morgan fingerprint density at radius 1 is 1.35 bits per heavy atom. The maximum atomic E-state index is 11.5. The second kappa shape index (κ2) is 6.60. The Bertz CT molecular complexity index is 391. The molecule has 0 aliphatic heterocycles. The van der Waals surface area contributed by atoms with Crippen LogP contribution in [0, 0.1) is 11.3 Å². The van der Waals surface area contributed by atoms with Crippen LogP contribution in [0.1, 0.15) is 38.5 Å². The van der Waals surface area contributed by atoms with Crippen LogP contribution < -0.4 is 5.32 Å². The molecule has 6 heteroatoms. The van der Waals surface area contributed by atoms with Crippen molar-refractivity contribution in [3.05, 3.63) is 0 Å². The van der Waals surface area contributed by atoms with Gasteiger partial charge in [-0.2, -0.15) is 5.26 Å². The Morgan fingerprint density at radius 3 is 2.59 bits per heavy atom. The highest BCUT2D eigenvalue weighted by Crippen LogP contribution is 2.17. The van der Waals surface area contributed by atoms with Crippen LogP contribution in [0.5, 0.6) is 0 Å². The quantitative estimate of drug-likeness (QED) is 0.713. The first-order valence-electron chi connectivity index (χ1n) is 5.90. The summed E-state index contributed by atoms with van der Waals surface area (Å²) in [7, 11) is -3.36. The summed E-state index contributed by atoms with van der Waals surface area (Å²) >= 11 is 0. The Kier molecular flexibility index (Phi) is 5.42. The van der Waals surface area contributed by atoms with E-state index in [-0.39, 0.29) is 18.2 Å². The van der Waals surface area contributed by atoms with Gasteiger partial charge in [0.15, 0.2) is 9.84 Å². The largest absolute Gasteiger partial charge is 0.352 e. The number of carbonyl (C=O) groups excluding carboxylic acids is 1. The molecule has 0 aromatic rings. The normalized spacial score (nSPS) is 16.6. The van der Waals surface area contributed by atoms with Gasteiger partial charge in [-0.3, -0.25) is 4.79 Å². The molecule has 1 fully saturated rings. The minimum absolute atomic E-state index is 0.0847. The van der Waals surface area contributed by atoms with E-state index in [1.54, 1.807) is 0 Å². The van der Waals surface area contributed by atoms with Crippen LogP contribution in [0.3, 0.4) is 0 Å². The zero-order valence-electron chi connectivity index (χ0n) is 9.81. The molecule has 1 aliphatic carbocycles. The highest BCUT2D eigenvalue weighted by Gasteiger charge is 2.21. The van der Waals surface area contributed by atoms with Crippen molar-refractivity contribution in [1.29, 1.82) is 5.26 Å². The van der Waals surface area contributed by atoms with Crippen LogP contribution in [0.25, 0.3) is 0 Å². The highest BCUT2D eigenvalue weighted by molar-refractivity contribution is 7.92. The fraction of sp³-hybridized carbons (Fsp3) is 0.818. The predicted octanol–water partition coefficient (Wildman–Crippen LogP) is 0.764. The van der Waals surface area contributed by atoms with E-state index in [1.165, 1.54) is 0 Å². The Balaban J connectivity index is 2.31. The highest BCUT2D eigenvalue weighted by atomic mass is 32.2. The lowest BCUT2D eigenvalue weighted by Gasteiger charge is -2.11. The number of nitriles is 1. The monoisotopic (exact) mass is 258 g/mol. The number of hydrogen-bond acceptors (Lipinski definition) is 4. The van der Waals surface area contributed by atoms with Gasteiger partial charge in [-0.15, -0.1) is 0 Å². The van der Waals surface area contributed by atoms with Crippen molar-refractivity contribution in [1.82, 2.24) is 5.32 Å². The van der Waals surface area contributed by atoms with Gasteiger partial charge < -0.3 is 5.32 Å². The summed E-state index contributed by atoms with van der Waals surface area (Å²) in [5, 5.41) is 11.1. The second-order valence-corrected chi connectivity index (χ2v) is 6.59. The van der Waals surface area contributed by atoms with E-state index >= 15 is 0 Å². The number of unbranched alkanes of at least 4 members (excludes halogenated alkanes) is 1. The summed E-state index contributed by atoms with van der Waals surface area (Å²) in [6, 6.07) is 2.04. The van der Waals surface area contributed by atoms with Crippen LogP contribution >= 0.6 is 0 Å². The molecule has 0 radical (unpaired) electrons. The summed E-state index contributed by atoms with van der Waals surface area (Å²) in [6.07, 6.45) is 4.60. The number of hydrogen-bond donors (Lipinski definition) is 1. The summed E-state index contributed by atoms with van der Waals surface area (Å²) in [5.41, 5.74) is 0. The maximum absolute atomic E-state index is 11.5. The van der Waals surface area contributed by atoms with Gasteiger partial charge in [-0.25, -0.2) is 8.42 Å². The number of amides is 1. The standard InChI is InChI=1S/C11H18N2O3S/c12-7-3-4-8-17(15,16)9-11(14)13-10-5-1-2-6-10/h10H,1-6,8-9H2,(H,13,14). The lowest BCUT2D eigenvalue weighted by atomic mass is 10.2. The first-order chi connectivity index (χ1) is 8.03. The third-order valence-corrected chi connectivity index (χ3v) is 4.43.